The van der Waals surface area contributed by atoms with Gasteiger partial charge in [0.15, 0.2) is 0 Å². The van der Waals surface area contributed by atoms with E-state index in [9.17, 15) is 4.79 Å². The lowest BCUT2D eigenvalue weighted by Gasteiger charge is -2.28. The zero-order chi connectivity index (χ0) is 13.9. The Morgan fingerprint density at radius 1 is 1.11 bits per heavy atom. The highest BCUT2D eigenvalue weighted by molar-refractivity contribution is 6.60. The SMILES string of the molecule is CCO[Si](CCCNC(=O)CO)(OCC)OCC. The minimum absolute atomic E-state index is 0.369. The van der Waals surface area contributed by atoms with Gasteiger partial charge < -0.3 is 23.7 Å². The van der Waals surface area contributed by atoms with Gasteiger partial charge in [-0.3, -0.25) is 4.79 Å². The van der Waals surface area contributed by atoms with Crippen LogP contribution < -0.4 is 5.32 Å². The minimum Gasteiger partial charge on any atom is -0.387 e. The van der Waals surface area contributed by atoms with E-state index in [1.807, 2.05) is 20.8 Å². The molecule has 0 spiro atoms. The van der Waals surface area contributed by atoms with Gasteiger partial charge in [0.1, 0.15) is 6.61 Å². The molecule has 0 bridgehead atoms. The van der Waals surface area contributed by atoms with E-state index in [2.05, 4.69) is 5.32 Å². The number of nitrogens with one attached hydrogen (secondary N) is 1. The molecular formula is C11H25NO5Si. The summed E-state index contributed by atoms with van der Waals surface area (Å²) in [7, 11) is -2.59. The van der Waals surface area contributed by atoms with E-state index in [-0.39, 0.29) is 5.91 Å². The average Bonchev–Trinajstić information content (AvgIpc) is 2.35. The molecule has 0 aromatic rings. The predicted molar refractivity (Wildman–Crippen MR) is 70.2 cm³/mol. The second-order valence-corrected chi connectivity index (χ2v) is 6.33. The first kappa shape index (κ1) is 17.5. The van der Waals surface area contributed by atoms with Crippen LogP contribution in [0.3, 0.4) is 0 Å². The van der Waals surface area contributed by atoms with Crippen LogP contribution in [0.15, 0.2) is 0 Å². The van der Waals surface area contributed by atoms with E-state index >= 15 is 0 Å². The Morgan fingerprint density at radius 2 is 1.61 bits per heavy atom. The van der Waals surface area contributed by atoms with Crippen LogP contribution in [0.25, 0.3) is 0 Å². The summed E-state index contributed by atoms with van der Waals surface area (Å²) in [5.74, 6) is -0.369. The molecule has 0 radical (unpaired) electrons. The van der Waals surface area contributed by atoms with Crippen molar-refractivity contribution < 1.29 is 23.2 Å². The lowest BCUT2D eigenvalue weighted by molar-refractivity contribution is -0.123. The van der Waals surface area contributed by atoms with Crippen LogP contribution >= 0.6 is 0 Å². The van der Waals surface area contributed by atoms with Crippen molar-refractivity contribution in [2.45, 2.75) is 33.2 Å². The van der Waals surface area contributed by atoms with Crippen molar-refractivity contribution in [3.05, 3.63) is 0 Å². The molecule has 108 valence electrons. The Balaban J connectivity index is 4.16. The monoisotopic (exact) mass is 279 g/mol. The highest BCUT2D eigenvalue weighted by atomic mass is 28.4. The molecule has 18 heavy (non-hydrogen) atoms. The van der Waals surface area contributed by atoms with Crippen LogP contribution in [0.5, 0.6) is 0 Å². The van der Waals surface area contributed by atoms with Crippen LogP contribution in [0.2, 0.25) is 6.04 Å². The summed E-state index contributed by atoms with van der Waals surface area (Å²) < 4.78 is 17.0. The largest absolute Gasteiger partial charge is 0.500 e. The van der Waals surface area contributed by atoms with Crippen molar-refractivity contribution in [1.29, 1.82) is 0 Å². The van der Waals surface area contributed by atoms with Gasteiger partial charge in [-0.25, -0.2) is 0 Å². The van der Waals surface area contributed by atoms with Gasteiger partial charge in [-0.05, 0) is 27.2 Å². The summed E-state index contributed by atoms with van der Waals surface area (Å²) in [6.45, 7) is 7.39. The summed E-state index contributed by atoms with van der Waals surface area (Å²) in [6.07, 6.45) is 0.706. The Hall–Kier alpha value is -0.473. The van der Waals surface area contributed by atoms with Gasteiger partial charge >= 0.3 is 8.80 Å². The molecule has 6 nitrogen and oxygen atoms in total. The van der Waals surface area contributed by atoms with E-state index in [4.69, 9.17) is 18.4 Å². The summed E-state index contributed by atoms with van der Waals surface area (Å²) >= 11 is 0. The molecule has 0 aromatic heterocycles. The molecule has 0 heterocycles. The van der Waals surface area contributed by atoms with Crippen molar-refractivity contribution in [1.82, 2.24) is 5.32 Å². The Bertz CT molecular complexity index is 210. The zero-order valence-electron chi connectivity index (χ0n) is 11.5. The number of rotatable bonds is 11. The summed E-state index contributed by atoms with van der Waals surface area (Å²) in [6, 6.07) is 0.661. The van der Waals surface area contributed by atoms with Crippen molar-refractivity contribution in [2.75, 3.05) is 33.0 Å². The molecule has 1 amide bonds. The fourth-order valence-electron chi connectivity index (χ4n) is 1.59. The maximum absolute atomic E-state index is 10.9. The van der Waals surface area contributed by atoms with Gasteiger partial charge in [-0.15, -0.1) is 0 Å². The van der Waals surface area contributed by atoms with Crippen molar-refractivity contribution in [2.24, 2.45) is 0 Å². The number of carbonyl (C=O) groups is 1. The summed E-state index contributed by atoms with van der Waals surface area (Å²) in [5, 5.41) is 11.2. The first-order chi connectivity index (χ1) is 8.64. The fourth-order valence-corrected chi connectivity index (χ4v) is 4.20. The number of amides is 1. The van der Waals surface area contributed by atoms with E-state index in [0.717, 1.165) is 0 Å². The number of aliphatic hydroxyl groups excluding tert-OH is 1. The molecule has 0 aliphatic rings. The lowest BCUT2D eigenvalue weighted by atomic mass is 10.4. The van der Waals surface area contributed by atoms with E-state index < -0.39 is 15.4 Å². The maximum atomic E-state index is 10.9. The molecule has 0 saturated carbocycles. The molecule has 0 fully saturated rings. The van der Waals surface area contributed by atoms with Crippen LogP contribution in [0.4, 0.5) is 0 Å². The second kappa shape index (κ2) is 10.4. The van der Waals surface area contributed by atoms with Gasteiger partial charge in [0.05, 0.1) is 0 Å². The maximum Gasteiger partial charge on any atom is 0.500 e. The van der Waals surface area contributed by atoms with Gasteiger partial charge in [0.2, 0.25) is 5.91 Å². The standard InChI is InChI=1S/C11H25NO5Si/c1-4-15-18(16-5-2,17-6-3)9-7-8-12-11(14)10-13/h13H,4-10H2,1-3H3,(H,12,14). The van der Waals surface area contributed by atoms with Crippen molar-refractivity contribution in [3.63, 3.8) is 0 Å². The first-order valence-corrected chi connectivity index (χ1v) is 8.36. The molecule has 0 aliphatic heterocycles. The number of aliphatic hydroxyl groups is 1. The second-order valence-electron chi connectivity index (χ2n) is 3.59. The van der Waals surface area contributed by atoms with E-state index in [0.29, 0.717) is 38.8 Å². The van der Waals surface area contributed by atoms with Crippen LogP contribution in [0, 0.1) is 0 Å². The molecule has 7 heteroatoms. The fraction of sp³-hybridized carbons (Fsp3) is 0.909. The Labute approximate surface area is 110 Å². The van der Waals surface area contributed by atoms with Crippen molar-refractivity contribution in [3.8, 4) is 0 Å². The quantitative estimate of drug-likeness (QED) is 0.426. The Morgan fingerprint density at radius 3 is 2.00 bits per heavy atom. The first-order valence-electron chi connectivity index (χ1n) is 6.43. The van der Waals surface area contributed by atoms with Gasteiger partial charge in [-0.2, -0.15) is 0 Å². The third kappa shape index (κ3) is 7.07. The van der Waals surface area contributed by atoms with Crippen LogP contribution in [-0.2, 0) is 18.1 Å². The molecule has 0 unspecified atom stereocenters. The number of hydrogen-bond donors (Lipinski definition) is 2. The third-order valence-electron chi connectivity index (χ3n) is 2.22. The molecule has 0 aromatic carbocycles. The van der Waals surface area contributed by atoms with Gasteiger partial charge in [0, 0.05) is 32.4 Å². The smallest absolute Gasteiger partial charge is 0.387 e. The van der Waals surface area contributed by atoms with Crippen molar-refractivity contribution >= 4 is 14.7 Å². The van der Waals surface area contributed by atoms with Crippen LogP contribution in [-0.4, -0.2) is 52.8 Å². The molecule has 0 saturated heterocycles. The summed E-state index contributed by atoms with van der Waals surface area (Å²) in [4.78, 5) is 10.9. The normalized spacial score (nSPS) is 11.6. The topological polar surface area (TPSA) is 77.0 Å². The van der Waals surface area contributed by atoms with E-state index in [1.165, 1.54) is 0 Å². The predicted octanol–water partition coefficient (Wildman–Crippen LogP) is 0.533. The molecule has 2 N–H and O–H groups in total. The van der Waals surface area contributed by atoms with E-state index in [1.54, 1.807) is 0 Å². The number of hydrogen-bond acceptors (Lipinski definition) is 5. The Kier molecular flexibility index (Phi) is 10.2. The molecule has 0 atom stereocenters. The summed E-state index contributed by atoms with van der Waals surface area (Å²) in [5.41, 5.74) is 0. The molecular weight excluding hydrogens is 254 g/mol. The minimum atomic E-state index is -2.59. The molecule has 0 aliphatic carbocycles. The molecule has 0 rings (SSSR count). The van der Waals surface area contributed by atoms with Gasteiger partial charge in [-0.1, -0.05) is 0 Å². The third-order valence-corrected chi connectivity index (χ3v) is 5.37. The van der Waals surface area contributed by atoms with Crippen LogP contribution in [0.1, 0.15) is 27.2 Å². The highest BCUT2D eigenvalue weighted by Crippen LogP contribution is 2.17. The highest BCUT2D eigenvalue weighted by Gasteiger charge is 2.39. The van der Waals surface area contributed by atoms with Gasteiger partial charge in [0.25, 0.3) is 0 Å². The zero-order valence-corrected chi connectivity index (χ0v) is 12.5. The lowest BCUT2D eigenvalue weighted by Crippen LogP contribution is -2.46. The average molecular weight is 279 g/mol. The number of carbonyl (C=O) groups excluding carboxylic acids is 1.